The Balaban J connectivity index is 1.31. The van der Waals surface area contributed by atoms with Crippen molar-refractivity contribution in [3.63, 3.8) is 0 Å². The summed E-state index contributed by atoms with van der Waals surface area (Å²) in [6, 6.07) is 19.0. The highest BCUT2D eigenvalue weighted by atomic mass is 16.5. The van der Waals surface area contributed by atoms with Crippen LogP contribution in [0.5, 0.6) is 11.5 Å². The zero-order chi connectivity index (χ0) is 23.7. The lowest BCUT2D eigenvalue weighted by Gasteiger charge is -2.43. The van der Waals surface area contributed by atoms with E-state index in [4.69, 9.17) is 9.47 Å². The van der Waals surface area contributed by atoms with Crippen molar-refractivity contribution in [3.05, 3.63) is 87.8 Å². The van der Waals surface area contributed by atoms with E-state index < -0.39 is 0 Å². The summed E-state index contributed by atoms with van der Waals surface area (Å²) in [5.74, 6) is 2.01. The van der Waals surface area contributed by atoms with Gasteiger partial charge in [0.2, 0.25) is 0 Å². The van der Waals surface area contributed by atoms with Gasteiger partial charge in [0.05, 0.1) is 14.2 Å². The molecular weight excluding hydrogens is 430 g/mol. The van der Waals surface area contributed by atoms with E-state index in [0.29, 0.717) is 37.4 Å². The SMILES string of the molecule is COc1ccc(CNc2ccc3n(c2=O)CC2CC3CN(C(=O)c3ccc(OC)cc3)C2)cc1. The van der Waals surface area contributed by atoms with Crippen LogP contribution in [0.15, 0.2) is 65.5 Å². The smallest absolute Gasteiger partial charge is 0.274 e. The maximum absolute atomic E-state index is 13.3. The molecule has 0 spiro atoms. The molecular formula is C27H29N3O4. The molecule has 1 saturated heterocycles. The molecule has 7 heteroatoms. The maximum atomic E-state index is 13.3. The summed E-state index contributed by atoms with van der Waals surface area (Å²) in [6.45, 7) is 2.49. The molecule has 1 N–H and O–H groups in total. The van der Waals surface area contributed by atoms with Crippen LogP contribution >= 0.6 is 0 Å². The van der Waals surface area contributed by atoms with Crippen molar-refractivity contribution in [1.29, 1.82) is 0 Å². The van der Waals surface area contributed by atoms with Crippen molar-refractivity contribution in [3.8, 4) is 11.5 Å². The number of likely N-dealkylation sites (tertiary alicyclic amines) is 1. The normalized spacial score (nSPS) is 18.7. The lowest BCUT2D eigenvalue weighted by atomic mass is 9.83. The van der Waals surface area contributed by atoms with E-state index in [1.807, 2.05) is 70.1 Å². The second-order valence-corrected chi connectivity index (χ2v) is 9.03. The summed E-state index contributed by atoms with van der Waals surface area (Å²) in [6.07, 6.45) is 1.00. The van der Waals surface area contributed by atoms with Crippen LogP contribution in [-0.4, -0.2) is 42.7 Å². The molecule has 1 amide bonds. The van der Waals surface area contributed by atoms with Gasteiger partial charge in [-0.25, -0.2) is 0 Å². The number of rotatable bonds is 6. The van der Waals surface area contributed by atoms with Gasteiger partial charge in [0.1, 0.15) is 17.2 Å². The number of fused-ring (bicyclic) bond motifs is 4. The van der Waals surface area contributed by atoms with E-state index in [9.17, 15) is 9.59 Å². The summed E-state index contributed by atoms with van der Waals surface area (Å²) >= 11 is 0. The third-order valence-corrected chi connectivity index (χ3v) is 6.87. The minimum atomic E-state index is 0.00985. The highest BCUT2D eigenvalue weighted by molar-refractivity contribution is 5.94. The fourth-order valence-electron chi connectivity index (χ4n) is 5.10. The van der Waals surface area contributed by atoms with Crippen molar-refractivity contribution in [2.24, 2.45) is 5.92 Å². The molecule has 0 radical (unpaired) electrons. The van der Waals surface area contributed by atoms with E-state index in [1.54, 1.807) is 14.2 Å². The summed E-state index contributed by atoms with van der Waals surface area (Å²) in [4.78, 5) is 28.3. The molecule has 1 aromatic heterocycles. The average molecular weight is 460 g/mol. The third-order valence-electron chi connectivity index (χ3n) is 6.87. The predicted octanol–water partition coefficient (Wildman–Crippen LogP) is 3.74. The number of carbonyl (C=O) groups excluding carboxylic acids is 1. The molecule has 34 heavy (non-hydrogen) atoms. The number of ether oxygens (including phenoxy) is 2. The van der Waals surface area contributed by atoms with Crippen molar-refractivity contribution in [2.45, 2.75) is 25.4 Å². The molecule has 0 aliphatic carbocycles. The number of aromatic nitrogens is 1. The Morgan fingerprint density at radius 2 is 1.59 bits per heavy atom. The number of amides is 1. The van der Waals surface area contributed by atoms with Crippen LogP contribution in [-0.2, 0) is 13.1 Å². The van der Waals surface area contributed by atoms with Gasteiger partial charge in [-0.05, 0) is 66.4 Å². The van der Waals surface area contributed by atoms with Gasteiger partial charge in [0.15, 0.2) is 0 Å². The molecule has 3 heterocycles. The Hall–Kier alpha value is -3.74. The van der Waals surface area contributed by atoms with Crippen LogP contribution in [0, 0.1) is 5.92 Å². The molecule has 5 rings (SSSR count). The van der Waals surface area contributed by atoms with Crippen molar-refractivity contribution in [2.75, 3.05) is 32.6 Å². The lowest BCUT2D eigenvalue weighted by molar-refractivity contribution is 0.0594. The molecule has 176 valence electrons. The van der Waals surface area contributed by atoms with Crippen LogP contribution in [0.1, 0.15) is 34.0 Å². The molecule has 1 fully saturated rings. The maximum Gasteiger partial charge on any atom is 0.274 e. The van der Waals surface area contributed by atoms with E-state index >= 15 is 0 Å². The van der Waals surface area contributed by atoms with Gasteiger partial charge in [0, 0.05) is 43.4 Å². The zero-order valence-corrected chi connectivity index (χ0v) is 19.5. The highest BCUT2D eigenvalue weighted by Gasteiger charge is 2.36. The largest absolute Gasteiger partial charge is 0.497 e. The Labute approximate surface area is 198 Å². The number of hydrogen-bond acceptors (Lipinski definition) is 5. The number of carbonyl (C=O) groups is 1. The molecule has 3 aromatic rings. The molecule has 2 atom stereocenters. The summed E-state index contributed by atoms with van der Waals surface area (Å²) < 4.78 is 12.3. The number of anilines is 1. The lowest BCUT2D eigenvalue weighted by Crippen LogP contribution is -2.49. The average Bonchev–Trinajstić information content (AvgIpc) is 2.88. The third kappa shape index (κ3) is 4.25. The molecule has 7 nitrogen and oxygen atoms in total. The van der Waals surface area contributed by atoms with Crippen molar-refractivity contribution >= 4 is 11.6 Å². The highest BCUT2D eigenvalue weighted by Crippen LogP contribution is 2.36. The van der Waals surface area contributed by atoms with Gasteiger partial charge >= 0.3 is 0 Å². The van der Waals surface area contributed by atoms with Crippen LogP contribution in [0.3, 0.4) is 0 Å². The number of pyridine rings is 1. The van der Waals surface area contributed by atoms with Gasteiger partial charge < -0.3 is 24.3 Å². The number of methoxy groups -OCH3 is 2. The number of benzene rings is 2. The number of hydrogen-bond donors (Lipinski definition) is 1. The van der Waals surface area contributed by atoms with E-state index in [-0.39, 0.29) is 23.3 Å². The van der Waals surface area contributed by atoms with Gasteiger partial charge in [0.25, 0.3) is 11.5 Å². The number of piperidine rings is 1. The summed E-state index contributed by atoms with van der Waals surface area (Å²) in [7, 11) is 3.26. The van der Waals surface area contributed by atoms with Crippen molar-refractivity contribution < 1.29 is 14.3 Å². The van der Waals surface area contributed by atoms with Gasteiger partial charge in [-0.15, -0.1) is 0 Å². The molecule has 2 unspecified atom stereocenters. The first-order valence-electron chi connectivity index (χ1n) is 11.6. The molecule has 2 aliphatic rings. The first kappa shape index (κ1) is 22.1. The van der Waals surface area contributed by atoms with Crippen LogP contribution in [0.4, 0.5) is 5.69 Å². The number of nitrogens with one attached hydrogen (secondary N) is 1. The van der Waals surface area contributed by atoms with Crippen molar-refractivity contribution in [1.82, 2.24) is 9.47 Å². The minimum Gasteiger partial charge on any atom is -0.497 e. The first-order valence-corrected chi connectivity index (χ1v) is 11.6. The second-order valence-electron chi connectivity index (χ2n) is 9.03. The molecule has 2 bridgehead atoms. The van der Waals surface area contributed by atoms with E-state index in [1.165, 1.54) is 0 Å². The van der Waals surface area contributed by atoms with Crippen LogP contribution in [0.2, 0.25) is 0 Å². The monoisotopic (exact) mass is 459 g/mol. The van der Waals surface area contributed by atoms with Gasteiger partial charge in [-0.2, -0.15) is 0 Å². The summed E-state index contributed by atoms with van der Waals surface area (Å²) in [5, 5.41) is 3.29. The topological polar surface area (TPSA) is 72.8 Å². The molecule has 2 aromatic carbocycles. The van der Waals surface area contributed by atoms with Gasteiger partial charge in [-0.1, -0.05) is 12.1 Å². The molecule has 0 saturated carbocycles. The number of nitrogens with zero attached hydrogens (tertiary/aromatic N) is 2. The minimum absolute atomic E-state index is 0.00985. The Kier molecular flexibility index (Phi) is 6.01. The van der Waals surface area contributed by atoms with Crippen LogP contribution in [0.25, 0.3) is 0 Å². The predicted molar refractivity (Wildman–Crippen MR) is 131 cm³/mol. The fraction of sp³-hybridized carbons (Fsp3) is 0.333. The second kappa shape index (κ2) is 9.25. The standard InChI is InChI=1S/C27H29N3O4/c1-33-22-7-3-18(4-8-22)14-28-24-11-12-25-21-13-19(16-30(25)27(24)32)15-29(17-21)26(31)20-5-9-23(34-2)10-6-20/h3-12,19,21,28H,13-17H2,1-2H3. The molecule has 2 aliphatic heterocycles. The Bertz CT molecular complexity index is 1230. The Morgan fingerprint density at radius 1 is 0.912 bits per heavy atom. The van der Waals surface area contributed by atoms with E-state index in [2.05, 4.69) is 5.32 Å². The van der Waals surface area contributed by atoms with E-state index in [0.717, 1.165) is 29.2 Å². The zero-order valence-electron chi connectivity index (χ0n) is 19.5. The van der Waals surface area contributed by atoms with Gasteiger partial charge in [-0.3, -0.25) is 9.59 Å². The fourth-order valence-corrected chi connectivity index (χ4v) is 5.10. The first-order chi connectivity index (χ1) is 16.6. The quantitative estimate of drug-likeness (QED) is 0.608. The summed E-state index contributed by atoms with van der Waals surface area (Å²) in [5.41, 5.74) is 3.37. The van der Waals surface area contributed by atoms with Crippen LogP contribution < -0.4 is 20.3 Å². The Morgan fingerprint density at radius 3 is 2.26 bits per heavy atom.